The van der Waals surface area contributed by atoms with Gasteiger partial charge in [0, 0.05) is 18.1 Å². The highest BCUT2D eigenvalue weighted by molar-refractivity contribution is 7.89. The van der Waals surface area contributed by atoms with Crippen LogP contribution < -0.4 is 14.8 Å². The van der Waals surface area contributed by atoms with Gasteiger partial charge in [-0.3, -0.25) is 4.79 Å². The Balaban J connectivity index is 2.12. The van der Waals surface area contributed by atoms with Gasteiger partial charge in [-0.25, -0.2) is 17.5 Å². The second-order valence-corrected chi connectivity index (χ2v) is 8.19. The van der Waals surface area contributed by atoms with E-state index in [1.807, 2.05) is 13.8 Å². The Morgan fingerprint density at radius 3 is 2.78 bits per heavy atom. The van der Waals surface area contributed by atoms with Gasteiger partial charge in [0.15, 0.2) is 0 Å². The molecule has 0 spiro atoms. The summed E-state index contributed by atoms with van der Waals surface area (Å²) in [4.78, 5) is 12.0. The molecule has 1 unspecified atom stereocenters. The number of carbonyl (C=O) groups excluding carboxylic acids is 1. The van der Waals surface area contributed by atoms with Gasteiger partial charge in [-0.1, -0.05) is 6.07 Å². The number of rotatable bonds is 5. The van der Waals surface area contributed by atoms with E-state index >= 15 is 0 Å². The van der Waals surface area contributed by atoms with Crippen LogP contribution in [0.5, 0.6) is 5.75 Å². The van der Waals surface area contributed by atoms with E-state index in [1.165, 1.54) is 19.1 Å². The third kappa shape index (κ3) is 4.65. The summed E-state index contributed by atoms with van der Waals surface area (Å²) < 4.78 is 44.1. The smallest absolute Gasteiger partial charge is 0.235 e. The molecule has 128 valence electrons. The number of amides is 1. The highest BCUT2D eigenvalue weighted by atomic mass is 32.2. The van der Waals surface area contributed by atoms with Crippen molar-refractivity contribution >= 4 is 15.9 Å². The topological polar surface area (TPSA) is 84.5 Å². The van der Waals surface area contributed by atoms with E-state index in [1.54, 1.807) is 6.07 Å². The number of hydrogen-bond donors (Lipinski definition) is 2. The minimum absolute atomic E-state index is 0.0906. The van der Waals surface area contributed by atoms with Crippen LogP contribution in [0.1, 0.15) is 38.8 Å². The van der Waals surface area contributed by atoms with Crippen LogP contribution in [0.15, 0.2) is 18.2 Å². The molecule has 0 saturated heterocycles. The molecular formula is C15H21FN2O4S. The molecule has 0 bridgehead atoms. The van der Waals surface area contributed by atoms with E-state index in [-0.39, 0.29) is 18.3 Å². The Morgan fingerprint density at radius 1 is 1.43 bits per heavy atom. The van der Waals surface area contributed by atoms with Crippen molar-refractivity contribution in [3.05, 3.63) is 29.6 Å². The molecule has 23 heavy (non-hydrogen) atoms. The molecule has 0 fully saturated rings. The van der Waals surface area contributed by atoms with Gasteiger partial charge < -0.3 is 10.1 Å². The van der Waals surface area contributed by atoms with Crippen molar-refractivity contribution < 1.29 is 22.3 Å². The van der Waals surface area contributed by atoms with Gasteiger partial charge in [0.25, 0.3) is 0 Å². The van der Waals surface area contributed by atoms with Crippen LogP contribution in [0, 0.1) is 5.82 Å². The average molecular weight is 344 g/mol. The minimum atomic E-state index is -3.43. The SMILES string of the molecule is CCS(=O)(=O)NCC(=O)NC1CC(C)(C)Oc2cc(F)ccc21. The first-order chi connectivity index (χ1) is 10.6. The Labute approximate surface area is 135 Å². The molecule has 1 aliphatic heterocycles. The number of ether oxygens (including phenoxy) is 1. The summed E-state index contributed by atoms with van der Waals surface area (Å²) in [5.41, 5.74) is 0.110. The van der Waals surface area contributed by atoms with Crippen molar-refractivity contribution in [1.82, 2.24) is 10.0 Å². The second kappa shape index (κ2) is 6.45. The van der Waals surface area contributed by atoms with E-state index in [0.29, 0.717) is 17.7 Å². The summed E-state index contributed by atoms with van der Waals surface area (Å²) in [7, 11) is -3.43. The summed E-state index contributed by atoms with van der Waals surface area (Å²) in [6, 6.07) is 3.79. The van der Waals surface area contributed by atoms with Gasteiger partial charge in [0.05, 0.1) is 18.3 Å². The van der Waals surface area contributed by atoms with Crippen LogP contribution >= 0.6 is 0 Å². The van der Waals surface area contributed by atoms with E-state index in [2.05, 4.69) is 10.0 Å². The van der Waals surface area contributed by atoms with E-state index in [9.17, 15) is 17.6 Å². The van der Waals surface area contributed by atoms with Crippen molar-refractivity contribution in [2.24, 2.45) is 0 Å². The molecule has 1 heterocycles. The molecule has 2 rings (SSSR count). The number of carbonyl (C=O) groups is 1. The molecule has 1 aliphatic rings. The molecule has 0 radical (unpaired) electrons. The quantitative estimate of drug-likeness (QED) is 0.847. The van der Waals surface area contributed by atoms with Gasteiger partial charge >= 0.3 is 0 Å². The molecule has 1 aromatic carbocycles. The lowest BCUT2D eigenvalue weighted by Crippen LogP contribution is -2.44. The number of benzene rings is 1. The maximum absolute atomic E-state index is 13.4. The maximum Gasteiger partial charge on any atom is 0.235 e. The van der Waals surface area contributed by atoms with Gasteiger partial charge in [0.2, 0.25) is 15.9 Å². The van der Waals surface area contributed by atoms with Crippen molar-refractivity contribution in [2.75, 3.05) is 12.3 Å². The van der Waals surface area contributed by atoms with Gasteiger partial charge in [-0.15, -0.1) is 0 Å². The van der Waals surface area contributed by atoms with Crippen molar-refractivity contribution in [2.45, 2.75) is 38.8 Å². The molecule has 6 nitrogen and oxygen atoms in total. The van der Waals surface area contributed by atoms with E-state index < -0.39 is 27.3 Å². The zero-order valence-electron chi connectivity index (χ0n) is 13.3. The minimum Gasteiger partial charge on any atom is -0.487 e. The molecule has 0 aliphatic carbocycles. The normalized spacial score (nSPS) is 19.6. The summed E-state index contributed by atoms with van der Waals surface area (Å²) in [6.07, 6.45) is 0.498. The number of sulfonamides is 1. The Kier molecular flexibility index (Phi) is 4.95. The zero-order chi connectivity index (χ0) is 17.3. The Hall–Kier alpha value is -1.67. The molecule has 8 heteroatoms. The van der Waals surface area contributed by atoms with Crippen LogP contribution in [-0.4, -0.2) is 32.2 Å². The monoisotopic (exact) mass is 344 g/mol. The maximum atomic E-state index is 13.4. The summed E-state index contributed by atoms with van der Waals surface area (Å²) >= 11 is 0. The summed E-state index contributed by atoms with van der Waals surface area (Å²) in [5, 5.41) is 2.78. The molecular weight excluding hydrogens is 323 g/mol. The predicted octanol–water partition coefficient (Wildman–Crippen LogP) is 1.48. The second-order valence-electron chi connectivity index (χ2n) is 6.09. The van der Waals surface area contributed by atoms with E-state index in [0.717, 1.165) is 0 Å². The lowest BCUT2D eigenvalue weighted by atomic mass is 9.89. The zero-order valence-corrected chi connectivity index (χ0v) is 14.2. The lowest BCUT2D eigenvalue weighted by molar-refractivity contribution is -0.121. The van der Waals surface area contributed by atoms with Gasteiger partial charge in [0.1, 0.15) is 17.2 Å². The average Bonchev–Trinajstić information content (AvgIpc) is 2.43. The fourth-order valence-corrected chi connectivity index (χ4v) is 3.03. The standard InChI is InChI=1S/C15H21FN2O4S/c1-4-23(20,21)17-9-14(19)18-12-8-15(2,3)22-13-7-10(16)5-6-11(12)13/h5-7,12,17H,4,8-9H2,1-3H3,(H,18,19). The van der Waals surface area contributed by atoms with Crippen LogP contribution in [0.3, 0.4) is 0 Å². The highest BCUT2D eigenvalue weighted by Crippen LogP contribution is 2.39. The van der Waals surface area contributed by atoms with Crippen LogP contribution in [0.4, 0.5) is 4.39 Å². The van der Waals surface area contributed by atoms with Gasteiger partial charge in [-0.2, -0.15) is 0 Å². The number of hydrogen-bond acceptors (Lipinski definition) is 4. The number of fused-ring (bicyclic) bond motifs is 1. The third-order valence-electron chi connectivity index (χ3n) is 3.60. The Morgan fingerprint density at radius 2 is 2.13 bits per heavy atom. The predicted molar refractivity (Wildman–Crippen MR) is 84.1 cm³/mol. The number of halogens is 1. The molecule has 0 aromatic heterocycles. The molecule has 0 saturated carbocycles. The van der Waals surface area contributed by atoms with Crippen LogP contribution in [-0.2, 0) is 14.8 Å². The molecule has 1 atom stereocenters. The first-order valence-corrected chi connectivity index (χ1v) is 9.02. The van der Waals surface area contributed by atoms with Crippen LogP contribution in [0.2, 0.25) is 0 Å². The molecule has 2 N–H and O–H groups in total. The van der Waals surface area contributed by atoms with Crippen molar-refractivity contribution in [3.8, 4) is 5.75 Å². The first kappa shape index (κ1) is 17.7. The molecule has 1 amide bonds. The summed E-state index contributed by atoms with van der Waals surface area (Å²) in [6.45, 7) is 4.86. The highest BCUT2D eigenvalue weighted by Gasteiger charge is 2.34. The fraction of sp³-hybridized carbons (Fsp3) is 0.533. The summed E-state index contributed by atoms with van der Waals surface area (Å²) in [5.74, 6) is -0.560. The van der Waals surface area contributed by atoms with E-state index in [4.69, 9.17) is 4.74 Å². The largest absolute Gasteiger partial charge is 0.487 e. The third-order valence-corrected chi connectivity index (χ3v) is 4.95. The van der Waals surface area contributed by atoms with Crippen molar-refractivity contribution in [3.63, 3.8) is 0 Å². The van der Waals surface area contributed by atoms with Gasteiger partial charge in [-0.05, 0) is 26.8 Å². The Bertz CT molecular complexity index is 703. The van der Waals surface area contributed by atoms with Crippen LogP contribution in [0.25, 0.3) is 0 Å². The molecule has 1 aromatic rings. The fourth-order valence-electron chi connectivity index (χ4n) is 2.48. The first-order valence-electron chi connectivity index (χ1n) is 7.37. The lowest BCUT2D eigenvalue weighted by Gasteiger charge is -2.37. The number of nitrogens with one attached hydrogen (secondary N) is 2. The van der Waals surface area contributed by atoms with Crippen molar-refractivity contribution in [1.29, 1.82) is 0 Å².